The molecule has 2 aromatic carbocycles. The fourth-order valence-electron chi connectivity index (χ4n) is 3.12. The summed E-state index contributed by atoms with van der Waals surface area (Å²) in [6.07, 6.45) is 2.04. The van der Waals surface area contributed by atoms with Crippen LogP contribution in [-0.4, -0.2) is 23.5 Å². The lowest BCUT2D eigenvalue weighted by Gasteiger charge is -2.38. The number of amides is 1. The van der Waals surface area contributed by atoms with Gasteiger partial charge >= 0.3 is 0 Å². The van der Waals surface area contributed by atoms with Gasteiger partial charge in [0.05, 0.1) is 11.7 Å². The second kappa shape index (κ2) is 7.60. The van der Waals surface area contributed by atoms with Gasteiger partial charge in [-0.25, -0.2) is 0 Å². The van der Waals surface area contributed by atoms with E-state index in [9.17, 15) is 4.79 Å². The largest absolute Gasteiger partial charge is 0.491 e. The molecule has 1 N–H and O–H groups in total. The van der Waals surface area contributed by atoms with Crippen molar-refractivity contribution in [2.24, 2.45) is 0 Å². The number of hydrogen-bond donors (Lipinski definition) is 1. The zero-order valence-corrected chi connectivity index (χ0v) is 15.2. The van der Waals surface area contributed by atoms with Crippen molar-refractivity contribution in [3.05, 3.63) is 59.7 Å². The summed E-state index contributed by atoms with van der Waals surface area (Å²) in [7, 11) is 0. The van der Waals surface area contributed by atoms with Crippen LogP contribution in [0.1, 0.15) is 55.7 Å². The average molecular weight is 338 g/mol. The molecule has 1 unspecified atom stereocenters. The first kappa shape index (κ1) is 17.3. The normalized spacial score (nSPS) is 16.6. The van der Waals surface area contributed by atoms with Crippen LogP contribution in [0, 0.1) is 0 Å². The van der Waals surface area contributed by atoms with Gasteiger partial charge in [-0.2, -0.15) is 0 Å². The Morgan fingerprint density at radius 2 is 1.84 bits per heavy atom. The summed E-state index contributed by atoms with van der Waals surface area (Å²) in [5.41, 5.74) is 2.71. The van der Waals surface area contributed by atoms with E-state index >= 15 is 0 Å². The van der Waals surface area contributed by atoms with Crippen molar-refractivity contribution in [2.75, 3.05) is 11.9 Å². The number of benzene rings is 2. The van der Waals surface area contributed by atoms with E-state index in [1.165, 1.54) is 0 Å². The van der Waals surface area contributed by atoms with Crippen LogP contribution in [0.3, 0.4) is 0 Å². The Morgan fingerprint density at radius 3 is 2.52 bits per heavy atom. The fraction of sp³-hybridized carbons (Fsp3) is 0.381. The van der Waals surface area contributed by atoms with Gasteiger partial charge in [0.1, 0.15) is 11.9 Å². The van der Waals surface area contributed by atoms with E-state index < -0.39 is 0 Å². The number of anilines is 1. The zero-order chi connectivity index (χ0) is 17.8. The maximum absolute atomic E-state index is 13.0. The highest BCUT2D eigenvalue weighted by molar-refractivity contribution is 6.01. The van der Waals surface area contributed by atoms with E-state index in [4.69, 9.17) is 4.74 Å². The van der Waals surface area contributed by atoms with Crippen molar-refractivity contribution in [3.8, 4) is 5.75 Å². The minimum Gasteiger partial charge on any atom is -0.491 e. The molecule has 3 rings (SSSR count). The Kier molecular flexibility index (Phi) is 5.27. The third kappa shape index (κ3) is 3.78. The summed E-state index contributed by atoms with van der Waals surface area (Å²) in [6, 6.07) is 15.7. The first-order valence-electron chi connectivity index (χ1n) is 9.03. The van der Waals surface area contributed by atoms with Gasteiger partial charge in [-0.1, -0.05) is 37.6 Å². The second-order valence-electron chi connectivity index (χ2n) is 6.68. The summed E-state index contributed by atoms with van der Waals surface area (Å²) < 4.78 is 5.72. The van der Waals surface area contributed by atoms with E-state index in [0.717, 1.165) is 42.0 Å². The quantitative estimate of drug-likeness (QED) is 0.819. The first-order valence-corrected chi connectivity index (χ1v) is 9.03. The second-order valence-corrected chi connectivity index (χ2v) is 6.68. The standard InChI is InChI=1S/C21H26N2O2/c1-4-5-14-23-20(16-10-12-17(13-11-16)25-15(2)3)22-19-9-7-6-8-18(19)21(23)24/h6-13,15,20,22H,4-5,14H2,1-3H3. The molecule has 132 valence electrons. The average Bonchev–Trinajstić information content (AvgIpc) is 2.61. The molecule has 0 spiro atoms. The molecule has 1 aliphatic heterocycles. The Labute approximate surface area is 149 Å². The summed E-state index contributed by atoms with van der Waals surface area (Å²) in [4.78, 5) is 14.9. The van der Waals surface area contributed by atoms with Gasteiger partial charge < -0.3 is 15.0 Å². The Morgan fingerprint density at radius 1 is 1.12 bits per heavy atom. The van der Waals surface area contributed by atoms with Crippen LogP contribution in [-0.2, 0) is 0 Å². The molecule has 0 saturated heterocycles. The lowest BCUT2D eigenvalue weighted by atomic mass is 10.0. The van der Waals surface area contributed by atoms with Crippen LogP contribution < -0.4 is 10.1 Å². The first-order chi connectivity index (χ1) is 12.1. The van der Waals surface area contributed by atoms with Gasteiger partial charge in [-0.3, -0.25) is 4.79 Å². The number of fused-ring (bicyclic) bond motifs is 1. The van der Waals surface area contributed by atoms with Crippen molar-refractivity contribution in [2.45, 2.75) is 45.9 Å². The van der Waals surface area contributed by atoms with Crippen molar-refractivity contribution in [1.29, 1.82) is 0 Å². The molecule has 0 saturated carbocycles. The molecule has 2 aromatic rings. The predicted molar refractivity (Wildman–Crippen MR) is 101 cm³/mol. The molecular formula is C21H26N2O2. The molecule has 0 bridgehead atoms. The molecular weight excluding hydrogens is 312 g/mol. The molecule has 0 fully saturated rings. The number of rotatable bonds is 6. The van der Waals surface area contributed by atoms with Crippen LogP contribution in [0.15, 0.2) is 48.5 Å². The molecule has 4 heteroatoms. The van der Waals surface area contributed by atoms with Gasteiger partial charge in [0.15, 0.2) is 0 Å². The molecule has 25 heavy (non-hydrogen) atoms. The van der Waals surface area contributed by atoms with Crippen LogP contribution in [0.2, 0.25) is 0 Å². The molecule has 0 radical (unpaired) electrons. The molecule has 1 heterocycles. The minimum atomic E-state index is -0.151. The van der Waals surface area contributed by atoms with Crippen LogP contribution in [0.5, 0.6) is 5.75 Å². The number of ether oxygens (including phenoxy) is 1. The third-order valence-electron chi connectivity index (χ3n) is 4.34. The van der Waals surface area contributed by atoms with E-state index in [2.05, 4.69) is 12.2 Å². The smallest absolute Gasteiger partial charge is 0.257 e. The topological polar surface area (TPSA) is 41.6 Å². The van der Waals surface area contributed by atoms with Gasteiger partial charge in [-0.05, 0) is 50.1 Å². The van der Waals surface area contributed by atoms with Gasteiger partial charge in [0.2, 0.25) is 0 Å². The number of carbonyl (C=O) groups is 1. The van der Waals surface area contributed by atoms with E-state index in [1.807, 2.05) is 67.3 Å². The number of nitrogens with zero attached hydrogens (tertiary/aromatic N) is 1. The van der Waals surface area contributed by atoms with E-state index in [-0.39, 0.29) is 18.2 Å². The monoisotopic (exact) mass is 338 g/mol. The number of para-hydroxylation sites is 1. The van der Waals surface area contributed by atoms with E-state index in [0.29, 0.717) is 0 Å². The predicted octanol–water partition coefficient (Wildman–Crippen LogP) is 4.84. The zero-order valence-electron chi connectivity index (χ0n) is 15.2. The van der Waals surface area contributed by atoms with Crippen LogP contribution in [0.25, 0.3) is 0 Å². The highest BCUT2D eigenvalue weighted by atomic mass is 16.5. The summed E-state index contributed by atoms with van der Waals surface area (Å²) in [5.74, 6) is 0.941. The molecule has 0 aliphatic carbocycles. The SMILES string of the molecule is CCCCN1C(=O)c2ccccc2NC1c1ccc(OC(C)C)cc1. The van der Waals surface area contributed by atoms with Crippen molar-refractivity contribution in [3.63, 3.8) is 0 Å². The molecule has 4 nitrogen and oxygen atoms in total. The number of nitrogens with one attached hydrogen (secondary N) is 1. The molecule has 1 aliphatic rings. The lowest BCUT2D eigenvalue weighted by molar-refractivity contribution is 0.0680. The van der Waals surface area contributed by atoms with Crippen molar-refractivity contribution >= 4 is 11.6 Å². The highest BCUT2D eigenvalue weighted by Crippen LogP contribution is 2.33. The maximum Gasteiger partial charge on any atom is 0.257 e. The van der Waals surface area contributed by atoms with Crippen molar-refractivity contribution in [1.82, 2.24) is 4.90 Å². The Bertz CT molecular complexity index is 725. The molecule has 0 aromatic heterocycles. The Hall–Kier alpha value is -2.49. The van der Waals surface area contributed by atoms with E-state index in [1.54, 1.807) is 0 Å². The number of hydrogen-bond acceptors (Lipinski definition) is 3. The third-order valence-corrected chi connectivity index (χ3v) is 4.34. The fourth-order valence-corrected chi connectivity index (χ4v) is 3.12. The summed E-state index contributed by atoms with van der Waals surface area (Å²) >= 11 is 0. The maximum atomic E-state index is 13.0. The van der Waals surface area contributed by atoms with Crippen LogP contribution >= 0.6 is 0 Å². The lowest BCUT2D eigenvalue weighted by Crippen LogP contribution is -2.43. The number of unbranched alkanes of at least 4 members (excludes halogenated alkanes) is 1. The summed E-state index contributed by atoms with van der Waals surface area (Å²) in [6.45, 7) is 6.91. The van der Waals surface area contributed by atoms with Gasteiger partial charge in [-0.15, -0.1) is 0 Å². The minimum absolute atomic E-state index is 0.0929. The molecule has 1 amide bonds. The van der Waals surface area contributed by atoms with Gasteiger partial charge in [0, 0.05) is 12.2 Å². The Balaban J connectivity index is 1.90. The summed E-state index contributed by atoms with van der Waals surface area (Å²) in [5, 5.41) is 3.53. The van der Waals surface area contributed by atoms with Gasteiger partial charge in [0.25, 0.3) is 5.91 Å². The molecule has 1 atom stereocenters. The number of carbonyl (C=O) groups excluding carboxylic acids is 1. The van der Waals surface area contributed by atoms with Crippen LogP contribution in [0.4, 0.5) is 5.69 Å². The highest BCUT2D eigenvalue weighted by Gasteiger charge is 2.32. The van der Waals surface area contributed by atoms with Crippen molar-refractivity contribution < 1.29 is 9.53 Å².